The summed E-state index contributed by atoms with van der Waals surface area (Å²) >= 11 is 0. The molecule has 0 unspecified atom stereocenters. The van der Waals surface area contributed by atoms with Gasteiger partial charge in [-0.2, -0.15) is 0 Å². The van der Waals surface area contributed by atoms with Crippen LogP contribution in [0.5, 0.6) is 0 Å². The second-order valence-electron chi connectivity index (χ2n) is 3.62. The zero-order valence-corrected chi connectivity index (χ0v) is 15.4. The van der Waals surface area contributed by atoms with E-state index in [1.807, 2.05) is 6.07 Å². The van der Waals surface area contributed by atoms with Gasteiger partial charge in [0.15, 0.2) is 5.78 Å². The summed E-state index contributed by atoms with van der Waals surface area (Å²) in [5, 5.41) is 22.7. The summed E-state index contributed by atoms with van der Waals surface area (Å²) in [5.74, 6) is -0.202. The van der Waals surface area contributed by atoms with E-state index < -0.39 is 0 Å². The topological polar surface area (TPSA) is 94.8 Å². The first-order chi connectivity index (χ1) is 9.94. The number of ketones is 2. The molecule has 1 aromatic rings. The smallest absolute Gasteiger partial charge is 0.170 e. The van der Waals surface area contributed by atoms with Gasteiger partial charge in [-0.25, -0.2) is 0 Å². The van der Waals surface area contributed by atoms with Crippen molar-refractivity contribution in [3.05, 3.63) is 35.9 Å². The quantitative estimate of drug-likeness (QED) is 0.440. The predicted octanol–water partition coefficient (Wildman–Crippen LogP) is 1.84. The van der Waals surface area contributed by atoms with Crippen molar-refractivity contribution in [1.29, 1.82) is 0 Å². The van der Waals surface area contributed by atoms with Crippen LogP contribution in [0.4, 0.5) is 0 Å². The van der Waals surface area contributed by atoms with Crippen LogP contribution < -0.4 is 0 Å². The first-order valence-electron chi connectivity index (χ1n) is 6.85. The van der Waals surface area contributed by atoms with Gasteiger partial charge in [0, 0.05) is 47.1 Å². The number of benzene rings is 1. The first-order valence-corrected chi connectivity index (χ1v) is 6.85. The number of Topliss-reactive ketones (excluding diaryl/α,β-unsaturated/α-hetero) is 2. The maximum atomic E-state index is 11.2. The summed E-state index contributed by atoms with van der Waals surface area (Å²) in [6, 6.07) is 8.84. The molecule has 0 atom stereocenters. The molecule has 126 valence electrons. The normalized spacial score (nSPS) is 7.59. The third-order valence-corrected chi connectivity index (χ3v) is 1.51. The molecule has 0 aliphatic heterocycles. The number of aliphatic hydroxyl groups excluding tert-OH is 3. The van der Waals surface area contributed by atoms with Crippen molar-refractivity contribution in [2.24, 2.45) is 0 Å². The van der Waals surface area contributed by atoms with E-state index in [0.717, 1.165) is 0 Å². The van der Waals surface area contributed by atoms with Crippen LogP contribution >= 0.6 is 0 Å². The van der Waals surface area contributed by atoms with Crippen LogP contribution in [-0.2, 0) is 26.5 Å². The number of carbonyl (C=O) groups is 2. The molecule has 0 amide bonds. The Balaban J connectivity index is -0.000000136. The molecule has 0 bridgehead atoms. The van der Waals surface area contributed by atoms with E-state index in [4.69, 9.17) is 15.3 Å². The Morgan fingerprint density at radius 2 is 1.18 bits per heavy atom. The molecule has 5 nitrogen and oxygen atoms in total. The fraction of sp³-hybridized carbons (Fsp3) is 0.500. The van der Waals surface area contributed by atoms with Gasteiger partial charge in [0.2, 0.25) is 0 Å². The van der Waals surface area contributed by atoms with Gasteiger partial charge in [-0.05, 0) is 27.7 Å². The Labute approximate surface area is 148 Å². The summed E-state index contributed by atoms with van der Waals surface area (Å²) in [5.41, 5.74) is 0.604. The van der Waals surface area contributed by atoms with Gasteiger partial charge in [-0.15, -0.1) is 0 Å². The Kier molecular flexibility index (Phi) is 33.4. The molecule has 3 N–H and O–H groups in total. The Bertz CT molecular complexity index is 337. The van der Waals surface area contributed by atoms with Crippen molar-refractivity contribution >= 4 is 11.6 Å². The maximum Gasteiger partial charge on any atom is 0.170 e. The fourth-order valence-electron chi connectivity index (χ4n) is 0.952. The Hall–Kier alpha value is -0.846. The fourth-order valence-corrected chi connectivity index (χ4v) is 0.952. The van der Waals surface area contributed by atoms with E-state index in [1.165, 1.54) is 6.92 Å². The second-order valence-corrected chi connectivity index (χ2v) is 3.62. The average Bonchev–Trinajstić information content (AvgIpc) is 2.41. The predicted molar refractivity (Wildman–Crippen MR) is 84.3 cm³/mol. The van der Waals surface area contributed by atoms with Crippen molar-refractivity contribution in [3.63, 3.8) is 0 Å². The van der Waals surface area contributed by atoms with Crippen LogP contribution in [0.25, 0.3) is 0 Å². The number of hydrogen-bond donors (Lipinski definition) is 3. The van der Waals surface area contributed by atoms with Gasteiger partial charge in [0.05, 0.1) is 6.42 Å². The van der Waals surface area contributed by atoms with E-state index in [0.29, 0.717) is 5.56 Å². The van der Waals surface area contributed by atoms with E-state index >= 15 is 0 Å². The zero-order valence-electron chi connectivity index (χ0n) is 13.9. The van der Waals surface area contributed by atoms with Gasteiger partial charge in [-0.3, -0.25) is 9.59 Å². The molecule has 0 aromatic heterocycles. The maximum absolute atomic E-state index is 11.2. The van der Waals surface area contributed by atoms with E-state index in [-0.39, 0.29) is 59.5 Å². The molecule has 0 spiro atoms. The third kappa shape index (κ3) is 27.5. The molecule has 1 rings (SSSR count). The molecular formula is C16H28O5Ti. The van der Waals surface area contributed by atoms with Crippen molar-refractivity contribution in [3.8, 4) is 0 Å². The van der Waals surface area contributed by atoms with Crippen molar-refractivity contribution in [1.82, 2.24) is 0 Å². The van der Waals surface area contributed by atoms with Crippen LogP contribution in [0, 0.1) is 0 Å². The number of hydrogen-bond acceptors (Lipinski definition) is 5. The Morgan fingerprint density at radius 1 is 0.864 bits per heavy atom. The molecule has 6 heteroatoms. The minimum Gasteiger partial charge on any atom is -0.397 e. The monoisotopic (exact) mass is 348 g/mol. The third-order valence-electron chi connectivity index (χ3n) is 1.51. The molecule has 1 aromatic carbocycles. The molecular weight excluding hydrogens is 320 g/mol. The first kappa shape index (κ1) is 29.2. The molecule has 0 radical (unpaired) electrons. The number of carbonyl (C=O) groups excluding carboxylic acids is 2. The van der Waals surface area contributed by atoms with Crippen LogP contribution in [0.15, 0.2) is 30.3 Å². The van der Waals surface area contributed by atoms with Crippen LogP contribution in [0.1, 0.15) is 44.5 Å². The second kappa shape index (κ2) is 25.1. The standard InChI is InChI=1S/C10H10O2.3C2H6O.Ti/c1-8(11)7-10(12)9-5-3-2-4-6-9;3*1-2-3;/h2-6H,7H2,1H3;3*3H,2H2,1H3;. The number of aliphatic hydroxyl groups is 3. The molecule has 0 aliphatic carbocycles. The van der Waals surface area contributed by atoms with E-state index in [9.17, 15) is 9.59 Å². The van der Waals surface area contributed by atoms with Gasteiger partial charge < -0.3 is 15.3 Å². The minimum atomic E-state index is -0.108. The average molecular weight is 348 g/mol. The summed E-state index contributed by atoms with van der Waals surface area (Å²) in [7, 11) is 0. The van der Waals surface area contributed by atoms with Gasteiger partial charge >= 0.3 is 0 Å². The van der Waals surface area contributed by atoms with Gasteiger partial charge in [0.25, 0.3) is 0 Å². The summed E-state index contributed by atoms with van der Waals surface area (Å²) in [6.07, 6.45) is 0.00398. The summed E-state index contributed by atoms with van der Waals surface area (Å²) in [6.45, 7) is 7.21. The molecule has 22 heavy (non-hydrogen) atoms. The molecule has 0 heterocycles. The van der Waals surface area contributed by atoms with Crippen LogP contribution in [0.2, 0.25) is 0 Å². The number of rotatable bonds is 3. The van der Waals surface area contributed by atoms with Crippen LogP contribution in [0.3, 0.4) is 0 Å². The summed E-state index contributed by atoms with van der Waals surface area (Å²) < 4.78 is 0. The zero-order chi connectivity index (χ0) is 17.1. The van der Waals surface area contributed by atoms with Crippen molar-refractivity contribution in [2.45, 2.75) is 34.1 Å². The van der Waals surface area contributed by atoms with E-state index in [2.05, 4.69) is 0 Å². The SMILES string of the molecule is CC(=O)CC(=O)c1ccccc1.CCO.CCO.CCO.[Ti]. The van der Waals surface area contributed by atoms with Gasteiger partial charge in [-0.1, -0.05) is 30.3 Å². The Morgan fingerprint density at radius 3 is 1.45 bits per heavy atom. The van der Waals surface area contributed by atoms with Gasteiger partial charge in [0.1, 0.15) is 5.78 Å². The molecule has 0 saturated carbocycles. The van der Waals surface area contributed by atoms with Crippen molar-refractivity contribution in [2.75, 3.05) is 19.8 Å². The molecule has 0 saturated heterocycles. The largest absolute Gasteiger partial charge is 0.397 e. The van der Waals surface area contributed by atoms with Crippen molar-refractivity contribution < 1.29 is 46.6 Å². The van der Waals surface area contributed by atoms with Crippen LogP contribution in [-0.4, -0.2) is 46.7 Å². The summed E-state index contributed by atoms with van der Waals surface area (Å²) in [4.78, 5) is 21.8. The molecule has 0 aliphatic rings. The minimum absolute atomic E-state index is 0. The molecule has 0 fully saturated rings. The van der Waals surface area contributed by atoms with E-state index in [1.54, 1.807) is 45.0 Å².